The Kier molecular flexibility index (Phi) is 11.1. The van der Waals surface area contributed by atoms with Gasteiger partial charge in [-0.3, -0.25) is 9.69 Å². The molecule has 1 heterocycles. The van der Waals surface area contributed by atoms with Gasteiger partial charge in [0, 0.05) is 50.3 Å². The number of carbonyl (C=O) groups is 3. The zero-order valence-electron chi connectivity index (χ0n) is 18.5. The van der Waals surface area contributed by atoms with E-state index in [1.807, 2.05) is 24.3 Å². The number of piperazine rings is 1. The molecule has 0 bridgehead atoms. The Balaban J connectivity index is 0.000000604. The van der Waals surface area contributed by atoms with Crippen LogP contribution in [-0.2, 0) is 19.1 Å². The molecule has 1 aliphatic heterocycles. The molecule has 1 unspecified atom stereocenters. The summed E-state index contributed by atoms with van der Waals surface area (Å²) in [4.78, 5) is 35.3. The van der Waals surface area contributed by atoms with E-state index in [0.717, 1.165) is 41.8 Å². The monoisotopic (exact) mass is 512 g/mol. The Morgan fingerprint density at radius 1 is 1.03 bits per heavy atom. The zero-order valence-corrected chi connectivity index (χ0v) is 20.1. The van der Waals surface area contributed by atoms with Crippen molar-refractivity contribution in [1.29, 1.82) is 0 Å². The van der Waals surface area contributed by atoms with Crippen molar-refractivity contribution in [2.24, 2.45) is 0 Å². The van der Waals surface area contributed by atoms with Gasteiger partial charge in [0.1, 0.15) is 11.9 Å². The summed E-state index contributed by atoms with van der Waals surface area (Å²) in [6, 6.07) is 14.3. The van der Waals surface area contributed by atoms with Crippen LogP contribution in [-0.4, -0.2) is 77.6 Å². The first kappa shape index (κ1) is 27.4. The van der Waals surface area contributed by atoms with Gasteiger partial charge in [0.05, 0.1) is 10.7 Å². The molecular weight excluding hydrogens is 487 g/mol. The molecule has 0 aromatic heterocycles. The second-order valence-electron chi connectivity index (χ2n) is 7.35. The number of para-hydroxylation sites is 1. The van der Waals surface area contributed by atoms with Crippen LogP contribution >= 0.6 is 23.4 Å². The van der Waals surface area contributed by atoms with Crippen LogP contribution < -0.4 is 4.90 Å². The molecule has 34 heavy (non-hydrogen) atoms. The number of esters is 1. The molecule has 2 aromatic carbocycles. The third-order valence-corrected chi connectivity index (χ3v) is 6.26. The fourth-order valence-electron chi connectivity index (χ4n) is 3.25. The second-order valence-corrected chi connectivity index (χ2v) is 8.85. The number of nitrogens with zero attached hydrogens (tertiary/aromatic N) is 2. The average Bonchev–Trinajstić information content (AvgIpc) is 2.79. The van der Waals surface area contributed by atoms with E-state index >= 15 is 0 Å². The van der Waals surface area contributed by atoms with Gasteiger partial charge in [0.15, 0.2) is 0 Å². The summed E-state index contributed by atoms with van der Waals surface area (Å²) in [5.41, 5.74) is 1.06. The third kappa shape index (κ3) is 9.58. The summed E-state index contributed by atoms with van der Waals surface area (Å²) in [5.74, 6) is -3.54. The summed E-state index contributed by atoms with van der Waals surface area (Å²) in [5, 5.41) is 15.6. The number of carboxylic acids is 2. The van der Waals surface area contributed by atoms with E-state index in [4.69, 9.17) is 36.1 Å². The minimum atomic E-state index is -1.82. The van der Waals surface area contributed by atoms with E-state index in [1.165, 1.54) is 19.1 Å². The van der Waals surface area contributed by atoms with Crippen molar-refractivity contribution in [3.63, 3.8) is 0 Å². The third-order valence-electron chi connectivity index (χ3n) is 4.79. The molecule has 1 fully saturated rings. The van der Waals surface area contributed by atoms with Gasteiger partial charge in [-0.25, -0.2) is 14.0 Å². The number of halogens is 2. The van der Waals surface area contributed by atoms with Crippen molar-refractivity contribution < 1.29 is 33.7 Å². The molecule has 0 aliphatic carbocycles. The minimum Gasteiger partial charge on any atom is -0.473 e. The molecule has 3 rings (SSSR count). The largest absolute Gasteiger partial charge is 0.473 e. The van der Waals surface area contributed by atoms with Crippen molar-refractivity contribution >= 4 is 47.0 Å². The quantitative estimate of drug-likeness (QED) is 0.327. The summed E-state index contributed by atoms with van der Waals surface area (Å²) < 4.78 is 18.6. The maximum Gasteiger partial charge on any atom is 0.414 e. The van der Waals surface area contributed by atoms with E-state index in [9.17, 15) is 9.18 Å². The van der Waals surface area contributed by atoms with Gasteiger partial charge < -0.3 is 19.8 Å². The van der Waals surface area contributed by atoms with Crippen molar-refractivity contribution in [2.75, 3.05) is 43.4 Å². The van der Waals surface area contributed by atoms with E-state index in [2.05, 4.69) is 9.80 Å². The van der Waals surface area contributed by atoms with Crippen LogP contribution in [0.5, 0.6) is 0 Å². The number of aliphatic carboxylic acids is 2. The lowest BCUT2D eigenvalue weighted by atomic mass is 10.2. The number of carbonyl (C=O) groups excluding carboxylic acids is 1. The SMILES string of the molecule is CC(=O)OC(CSc1ccc(F)cc1)CN1CCN(c2ccccc2Cl)CC1.O=C(O)C(=O)O. The number of anilines is 1. The van der Waals surface area contributed by atoms with Gasteiger partial charge in [-0.05, 0) is 36.4 Å². The van der Waals surface area contributed by atoms with Gasteiger partial charge in [-0.1, -0.05) is 23.7 Å². The first-order chi connectivity index (χ1) is 16.2. The molecule has 0 saturated carbocycles. The molecule has 184 valence electrons. The fourth-order valence-corrected chi connectivity index (χ4v) is 4.38. The number of hydrogen-bond donors (Lipinski definition) is 2. The first-order valence-electron chi connectivity index (χ1n) is 10.4. The molecular formula is C23H26ClFN2O6S. The maximum absolute atomic E-state index is 13.0. The average molecular weight is 513 g/mol. The van der Waals surface area contributed by atoms with Crippen LogP contribution in [0, 0.1) is 5.82 Å². The first-order valence-corrected chi connectivity index (χ1v) is 11.8. The van der Waals surface area contributed by atoms with Gasteiger partial charge in [-0.2, -0.15) is 0 Å². The summed E-state index contributed by atoms with van der Waals surface area (Å²) in [6.45, 7) is 5.63. The summed E-state index contributed by atoms with van der Waals surface area (Å²) in [7, 11) is 0. The number of carboxylic acid groups (broad SMARTS) is 2. The van der Waals surface area contributed by atoms with Crippen molar-refractivity contribution in [3.05, 3.63) is 59.4 Å². The van der Waals surface area contributed by atoms with E-state index in [1.54, 1.807) is 23.9 Å². The molecule has 1 aliphatic rings. The van der Waals surface area contributed by atoms with Gasteiger partial charge in [-0.15, -0.1) is 11.8 Å². The predicted octanol–water partition coefficient (Wildman–Crippen LogP) is 3.48. The molecule has 2 N–H and O–H groups in total. The molecule has 0 radical (unpaired) electrons. The van der Waals surface area contributed by atoms with Crippen molar-refractivity contribution in [1.82, 2.24) is 4.90 Å². The molecule has 8 nitrogen and oxygen atoms in total. The fraction of sp³-hybridized carbons (Fsp3) is 0.348. The molecule has 11 heteroatoms. The van der Waals surface area contributed by atoms with Crippen LogP contribution in [0.3, 0.4) is 0 Å². The molecule has 2 aromatic rings. The van der Waals surface area contributed by atoms with Crippen molar-refractivity contribution in [2.45, 2.75) is 17.9 Å². The van der Waals surface area contributed by atoms with Gasteiger partial charge in [0.25, 0.3) is 0 Å². The standard InChI is InChI=1S/C21H24ClFN2O2S.C2H2O4/c1-16(26)27-18(15-28-19-8-6-17(23)7-9-19)14-24-10-12-25(13-11-24)21-5-3-2-4-20(21)22;3-1(4)2(5)6/h2-9,18H,10-15H2,1H3;(H,3,4)(H,5,6). The Hall–Kier alpha value is -2.82. The highest BCUT2D eigenvalue weighted by molar-refractivity contribution is 7.99. The Bertz CT molecular complexity index is 958. The molecule has 1 atom stereocenters. The zero-order chi connectivity index (χ0) is 25.1. The number of benzene rings is 2. The topological polar surface area (TPSA) is 107 Å². The lowest BCUT2D eigenvalue weighted by Gasteiger charge is -2.37. The highest BCUT2D eigenvalue weighted by Gasteiger charge is 2.23. The number of ether oxygens (including phenoxy) is 1. The number of thioether (sulfide) groups is 1. The molecule has 0 amide bonds. The van der Waals surface area contributed by atoms with Crippen LogP contribution in [0.4, 0.5) is 10.1 Å². The van der Waals surface area contributed by atoms with Crippen LogP contribution in [0.2, 0.25) is 5.02 Å². The minimum absolute atomic E-state index is 0.209. The van der Waals surface area contributed by atoms with Gasteiger partial charge in [0.2, 0.25) is 0 Å². The van der Waals surface area contributed by atoms with Crippen LogP contribution in [0.1, 0.15) is 6.92 Å². The normalized spacial score (nSPS) is 14.5. The lowest BCUT2D eigenvalue weighted by molar-refractivity contribution is -0.159. The molecule has 0 spiro atoms. The van der Waals surface area contributed by atoms with Gasteiger partial charge >= 0.3 is 17.9 Å². The second kappa shape index (κ2) is 13.8. The Morgan fingerprint density at radius 3 is 2.15 bits per heavy atom. The smallest absolute Gasteiger partial charge is 0.414 e. The van der Waals surface area contributed by atoms with Crippen molar-refractivity contribution in [3.8, 4) is 0 Å². The predicted molar refractivity (Wildman–Crippen MR) is 128 cm³/mol. The maximum atomic E-state index is 13.0. The lowest BCUT2D eigenvalue weighted by Crippen LogP contribution is -2.49. The highest BCUT2D eigenvalue weighted by Crippen LogP contribution is 2.26. The summed E-state index contributed by atoms with van der Waals surface area (Å²) in [6.07, 6.45) is -0.209. The van der Waals surface area contributed by atoms with Crippen LogP contribution in [0.15, 0.2) is 53.4 Å². The van der Waals surface area contributed by atoms with E-state index < -0.39 is 11.9 Å². The highest BCUT2D eigenvalue weighted by atomic mass is 35.5. The van der Waals surface area contributed by atoms with E-state index in [-0.39, 0.29) is 17.9 Å². The number of hydrogen-bond acceptors (Lipinski definition) is 7. The summed E-state index contributed by atoms with van der Waals surface area (Å²) >= 11 is 7.87. The van der Waals surface area contributed by atoms with E-state index in [0.29, 0.717) is 12.3 Å². The Labute approximate surface area is 206 Å². The Morgan fingerprint density at radius 2 is 1.62 bits per heavy atom. The number of rotatable bonds is 7. The van der Waals surface area contributed by atoms with Crippen LogP contribution in [0.25, 0.3) is 0 Å². The molecule has 1 saturated heterocycles.